The van der Waals surface area contributed by atoms with Crippen molar-refractivity contribution in [3.05, 3.63) is 84.8 Å². The molecule has 0 radical (unpaired) electrons. The summed E-state index contributed by atoms with van der Waals surface area (Å²) < 4.78 is 2.05. The zero-order valence-electron chi connectivity index (χ0n) is 14.1. The Labute approximate surface area is 150 Å². The number of imidazole rings is 1. The van der Waals surface area contributed by atoms with Crippen molar-refractivity contribution < 1.29 is 5.11 Å². The van der Waals surface area contributed by atoms with Crippen molar-refractivity contribution >= 4 is 16.6 Å². The van der Waals surface area contributed by atoms with Gasteiger partial charge in [-0.2, -0.15) is 0 Å². The Morgan fingerprint density at radius 1 is 0.923 bits per heavy atom. The van der Waals surface area contributed by atoms with Crippen molar-refractivity contribution in [3.63, 3.8) is 0 Å². The van der Waals surface area contributed by atoms with Gasteiger partial charge in [0.05, 0.1) is 12.3 Å². The first-order valence-electron chi connectivity index (χ1n) is 8.57. The molecule has 2 aromatic carbocycles. The molecule has 4 heteroatoms. The van der Waals surface area contributed by atoms with E-state index in [1.807, 2.05) is 42.6 Å². The first-order chi connectivity index (χ1) is 12.8. The minimum absolute atomic E-state index is 0.0475. The number of para-hydroxylation sites is 1. The average molecular weight is 339 g/mol. The van der Waals surface area contributed by atoms with Crippen LogP contribution in [0.1, 0.15) is 5.56 Å². The molecule has 0 aliphatic carbocycles. The topological polar surface area (TPSA) is 53.3 Å². The number of hydrogen-bond donors (Lipinski definition) is 2. The molecule has 126 valence electrons. The van der Waals surface area contributed by atoms with Gasteiger partial charge >= 0.3 is 0 Å². The Kier molecular flexibility index (Phi) is 3.37. The summed E-state index contributed by atoms with van der Waals surface area (Å²) in [5, 5.41) is 10.5. The Hall–Kier alpha value is -3.37. The van der Waals surface area contributed by atoms with E-state index in [2.05, 4.69) is 46.0 Å². The highest BCUT2D eigenvalue weighted by Crippen LogP contribution is 2.29. The Balaban J connectivity index is 1.62. The minimum Gasteiger partial charge on any atom is -0.392 e. The maximum absolute atomic E-state index is 9.36. The smallest absolute Gasteiger partial charge is 0.137 e. The summed E-state index contributed by atoms with van der Waals surface area (Å²) in [4.78, 5) is 8.08. The van der Waals surface area contributed by atoms with Crippen LogP contribution in [0.2, 0.25) is 0 Å². The SMILES string of the molecule is OCc1cccc(-c2ccc3nc(-c4c[nH]c5ccccc45)cn3c2)c1. The number of rotatable bonds is 3. The molecular formula is C22H17N3O. The van der Waals surface area contributed by atoms with E-state index in [9.17, 15) is 5.11 Å². The highest BCUT2D eigenvalue weighted by molar-refractivity contribution is 5.94. The number of fused-ring (bicyclic) bond motifs is 2. The largest absolute Gasteiger partial charge is 0.392 e. The maximum Gasteiger partial charge on any atom is 0.137 e. The summed E-state index contributed by atoms with van der Waals surface area (Å²) in [5.74, 6) is 0. The molecule has 0 amide bonds. The van der Waals surface area contributed by atoms with Crippen molar-refractivity contribution in [1.82, 2.24) is 14.4 Å². The van der Waals surface area contributed by atoms with Gasteiger partial charge in [-0.25, -0.2) is 4.98 Å². The van der Waals surface area contributed by atoms with Crippen molar-refractivity contribution in [2.75, 3.05) is 0 Å². The third-order valence-corrected chi connectivity index (χ3v) is 4.76. The number of aromatic nitrogens is 3. The Morgan fingerprint density at radius 3 is 2.77 bits per heavy atom. The quantitative estimate of drug-likeness (QED) is 0.503. The predicted molar refractivity (Wildman–Crippen MR) is 104 cm³/mol. The number of pyridine rings is 1. The van der Waals surface area contributed by atoms with Crippen molar-refractivity contribution in [3.8, 4) is 22.4 Å². The normalized spacial score (nSPS) is 11.4. The zero-order valence-corrected chi connectivity index (χ0v) is 14.1. The molecule has 0 saturated heterocycles. The molecule has 0 aliphatic rings. The summed E-state index contributed by atoms with van der Waals surface area (Å²) in [6.45, 7) is 0.0475. The van der Waals surface area contributed by atoms with E-state index in [-0.39, 0.29) is 6.61 Å². The fraction of sp³-hybridized carbons (Fsp3) is 0.0455. The zero-order chi connectivity index (χ0) is 17.5. The minimum atomic E-state index is 0.0475. The van der Waals surface area contributed by atoms with Gasteiger partial charge < -0.3 is 14.5 Å². The Bertz CT molecular complexity index is 1230. The van der Waals surface area contributed by atoms with E-state index in [1.54, 1.807) is 0 Å². The summed E-state index contributed by atoms with van der Waals surface area (Å²) >= 11 is 0. The molecule has 5 rings (SSSR count). The third kappa shape index (κ3) is 2.39. The van der Waals surface area contributed by atoms with Crippen LogP contribution in [0.5, 0.6) is 0 Å². The van der Waals surface area contributed by atoms with E-state index < -0.39 is 0 Å². The van der Waals surface area contributed by atoms with E-state index in [1.165, 1.54) is 5.39 Å². The molecule has 0 aliphatic heterocycles. The fourth-order valence-electron chi connectivity index (χ4n) is 3.43. The van der Waals surface area contributed by atoms with Crippen LogP contribution in [-0.2, 0) is 6.61 Å². The maximum atomic E-state index is 9.36. The molecule has 3 aromatic heterocycles. The van der Waals surface area contributed by atoms with Crippen LogP contribution in [0.4, 0.5) is 0 Å². The lowest BCUT2D eigenvalue weighted by Crippen LogP contribution is -1.87. The number of benzene rings is 2. The molecule has 26 heavy (non-hydrogen) atoms. The second-order valence-corrected chi connectivity index (χ2v) is 6.42. The van der Waals surface area contributed by atoms with Crippen LogP contribution >= 0.6 is 0 Å². The number of aliphatic hydroxyl groups is 1. The van der Waals surface area contributed by atoms with Crippen LogP contribution in [0, 0.1) is 0 Å². The van der Waals surface area contributed by atoms with Gasteiger partial charge in [0.15, 0.2) is 0 Å². The molecule has 5 aromatic rings. The number of aliphatic hydroxyl groups excluding tert-OH is 1. The number of aromatic amines is 1. The van der Waals surface area contributed by atoms with Gasteiger partial charge in [0, 0.05) is 35.1 Å². The van der Waals surface area contributed by atoms with Crippen molar-refractivity contribution in [1.29, 1.82) is 0 Å². The number of hydrogen-bond acceptors (Lipinski definition) is 2. The van der Waals surface area contributed by atoms with Crippen molar-refractivity contribution in [2.24, 2.45) is 0 Å². The lowest BCUT2D eigenvalue weighted by Gasteiger charge is -2.04. The van der Waals surface area contributed by atoms with E-state index in [0.717, 1.165) is 39.1 Å². The van der Waals surface area contributed by atoms with Crippen LogP contribution in [-0.4, -0.2) is 19.5 Å². The van der Waals surface area contributed by atoms with Gasteiger partial charge in [0.2, 0.25) is 0 Å². The van der Waals surface area contributed by atoms with Crippen LogP contribution in [0.15, 0.2) is 79.3 Å². The van der Waals surface area contributed by atoms with Gasteiger partial charge in [-0.1, -0.05) is 36.4 Å². The molecule has 0 fully saturated rings. The van der Waals surface area contributed by atoms with E-state index in [0.29, 0.717) is 0 Å². The van der Waals surface area contributed by atoms with Gasteiger partial charge in [-0.05, 0) is 41.0 Å². The number of H-pyrrole nitrogens is 1. The predicted octanol–water partition coefficient (Wildman–Crippen LogP) is 4.64. The molecular weight excluding hydrogens is 322 g/mol. The van der Waals surface area contributed by atoms with E-state index in [4.69, 9.17) is 4.98 Å². The highest BCUT2D eigenvalue weighted by atomic mass is 16.3. The van der Waals surface area contributed by atoms with Crippen LogP contribution in [0.3, 0.4) is 0 Å². The van der Waals surface area contributed by atoms with Gasteiger partial charge in [-0.3, -0.25) is 0 Å². The molecule has 0 atom stereocenters. The van der Waals surface area contributed by atoms with Crippen LogP contribution < -0.4 is 0 Å². The fourth-order valence-corrected chi connectivity index (χ4v) is 3.43. The summed E-state index contributed by atoms with van der Waals surface area (Å²) in [6, 6.07) is 20.3. The summed E-state index contributed by atoms with van der Waals surface area (Å²) in [5.41, 5.74) is 7.16. The number of nitrogens with one attached hydrogen (secondary N) is 1. The van der Waals surface area contributed by atoms with Crippen molar-refractivity contribution in [2.45, 2.75) is 6.61 Å². The first kappa shape index (κ1) is 14.9. The molecule has 3 heterocycles. The molecule has 0 bridgehead atoms. The lowest BCUT2D eigenvalue weighted by atomic mass is 10.1. The monoisotopic (exact) mass is 339 g/mol. The van der Waals surface area contributed by atoms with Crippen LogP contribution in [0.25, 0.3) is 38.9 Å². The summed E-state index contributed by atoms with van der Waals surface area (Å²) in [6.07, 6.45) is 6.15. The molecule has 0 unspecified atom stereocenters. The second-order valence-electron chi connectivity index (χ2n) is 6.42. The summed E-state index contributed by atoms with van der Waals surface area (Å²) in [7, 11) is 0. The lowest BCUT2D eigenvalue weighted by molar-refractivity contribution is 0.282. The van der Waals surface area contributed by atoms with Gasteiger partial charge in [0.25, 0.3) is 0 Å². The number of nitrogens with zero attached hydrogens (tertiary/aromatic N) is 2. The Morgan fingerprint density at radius 2 is 1.85 bits per heavy atom. The molecule has 0 spiro atoms. The first-order valence-corrected chi connectivity index (χ1v) is 8.57. The highest BCUT2D eigenvalue weighted by Gasteiger charge is 2.10. The van der Waals surface area contributed by atoms with Gasteiger partial charge in [0.1, 0.15) is 5.65 Å². The van der Waals surface area contributed by atoms with E-state index >= 15 is 0 Å². The molecule has 2 N–H and O–H groups in total. The molecule has 0 saturated carbocycles. The molecule has 4 nitrogen and oxygen atoms in total. The standard InChI is InChI=1S/C22H17N3O/c26-14-15-4-3-5-16(10-15)17-8-9-22-24-21(13-25(22)12-17)19-11-23-20-7-2-1-6-18(19)20/h1-13,23,26H,14H2. The second kappa shape index (κ2) is 5.86. The van der Waals surface area contributed by atoms with Gasteiger partial charge in [-0.15, -0.1) is 0 Å². The average Bonchev–Trinajstić information content (AvgIpc) is 3.31. The third-order valence-electron chi connectivity index (χ3n) is 4.76.